The number of hydrogen-bond donors (Lipinski definition) is 0. The molecule has 10 rings (SSSR count). The summed E-state index contributed by atoms with van der Waals surface area (Å²) in [6, 6.07) is 73.5. The maximum Gasteiger partial charge on any atom is 0.160 e. The molecule has 1 aromatic heterocycles. The van der Waals surface area contributed by atoms with Gasteiger partial charge in [0.25, 0.3) is 0 Å². The van der Waals surface area contributed by atoms with E-state index in [9.17, 15) is 0 Å². The normalized spacial score (nSPS) is 11.3. The lowest BCUT2D eigenvalue weighted by Gasteiger charge is -2.14. The molecule has 0 radical (unpaired) electrons. The third-order valence-corrected chi connectivity index (χ3v) is 10.5. The molecule has 0 aliphatic rings. The number of benzene rings is 9. The van der Waals surface area contributed by atoms with Crippen LogP contribution in [0.15, 0.2) is 206 Å². The maximum absolute atomic E-state index is 5.09. The van der Waals surface area contributed by atoms with Crippen molar-refractivity contribution in [1.82, 2.24) is 9.97 Å². The van der Waals surface area contributed by atoms with E-state index in [1.807, 2.05) is 24.3 Å². The van der Waals surface area contributed by atoms with Gasteiger partial charge in [0.2, 0.25) is 0 Å². The average molecular weight is 687 g/mol. The lowest BCUT2D eigenvalue weighted by Crippen LogP contribution is -1.96. The Kier molecular flexibility index (Phi) is 7.85. The van der Waals surface area contributed by atoms with Crippen molar-refractivity contribution >= 4 is 32.3 Å². The molecule has 0 aliphatic carbocycles. The van der Waals surface area contributed by atoms with E-state index in [1.165, 1.54) is 54.6 Å². The van der Waals surface area contributed by atoms with E-state index in [-0.39, 0.29) is 0 Å². The minimum absolute atomic E-state index is 0.710. The minimum atomic E-state index is 0.710. The number of fused-ring (bicyclic) bond motifs is 4. The van der Waals surface area contributed by atoms with Gasteiger partial charge in [-0.15, -0.1) is 0 Å². The molecule has 0 unspecified atom stereocenters. The van der Waals surface area contributed by atoms with Crippen molar-refractivity contribution in [3.05, 3.63) is 206 Å². The Morgan fingerprint density at radius 3 is 1.48 bits per heavy atom. The summed E-state index contributed by atoms with van der Waals surface area (Å²) >= 11 is 0. The van der Waals surface area contributed by atoms with E-state index < -0.39 is 0 Å². The van der Waals surface area contributed by atoms with Crippen molar-refractivity contribution in [3.63, 3.8) is 0 Å². The minimum Gasteiger partial charge on any atom is -0.228 e. The molecule has 0 spiro atoms. The smallest absolute Gasteiger partial charge is 0.160 e. The van der Waals surface area contributed by atoms with Crippen LogP contribution in [0.25, 0.3) is 99.6 Å². The molecule has 0 amide bonds. The zero-order valence-electron chi connectivity index (χ0n) is 29.5. The first-order valence-electron chi connectivity index (χ1n) is 18.4. The lowest BCUT2D eigenvalue weighted by atomic mass is 9.89. The van der Waals surface area contributed by atoms with E-state index in [4.69, 9.17) is 9.97 Å². The molecule has 2 nitrogen and oxygen atoms in total. The van der Waals surface area contributed by atoms with Gasteiger partial charge in [0, 0.05) is 16.7 Å². The molecule has 0 saturated heterocycles. The summed E-state index contributed by atoms with van der Waals surface area (Å²) in [5, 5.41) is 7.62. The van der Waals surface area contributed by atoms with Gasteiger partial charge in [0.15, 0.2) is 5.82 Å². The first kappa shape index (κ1) is 31.6. The van der Waals surface area contributed by atoms with Gasteiger partial charge in [-0.25, -0.2) is 9.97 Å². The molecule has 9 aromatic carbocycles. The topological polar surface area (TPSA) is 25.8 Å². The molecule has 2 heteroatoms. The van der Waals surface area contributed by atoms with Crippen molar-refractivity contribution in [1.29, 1.82) is 0 Å². The molecule has 0 fully saturated rings. The molecule has 0 atom stereocenters. The molecular formula is C52H34N2. The first-order chi connectivity index (χ1) is 26.7. The predicted molar refractivity (Wildman–Crippen MR) is 227 cm³/mol. The van der Waals surface area contributed by atoms with Crippen LogP contribution in [0, 0.1) is 0 Å². The van der Waals surface area contributed by atoms with E-state index in [0.717, 1.165) is 39.2 Å². The van der Waals surface area contributed by atoms with E-state index in [0.29, 0.717) is 5.82 Å². The van der Waals surface area contributed by atoms with Gasteiger partial charge in [-0.05, 0) is 83.9 Å². The summed E-state index contributed by atoms with van der Waals surface area (Å²) in [5.74, 6) is 0.710. The van der Waals surface area contributed by atoms with Gasteiger partial charge in [0.1, 0.15) is 0 Å². The highest BCUT2D eigenvalue weighted by Crippen LogP contribution is 2.40. The Balaban J connectivity index is 1.01. The van der Waals surface area contributed by atoms with Gasteiger partial charge in [-0.1, -0.05) is 188 Å². The van der Waals surface area contributed by atoms with Crippen LogP contribution in [0.5, 0.6) is 0 Å². The monoisotopic (exact) mass is 686 g/mol. The van der Waals surface area contributed by atoms with Crippen molar-refractivity contribution < 1.29 is 0 Å². The molecule has 252 valence electrons. The molecular weight excluding hydrogens is 653 g/mol. The number of hydrogen-bond acceptors (Lipinski definition) is 2. The van der Waals surface area contributed by atoms with Crippen LogP contribution in [0.2, 0.25) is 0 Å². The second-order valence-corrected chi connectivity index (χ2v) is 13.8. The first-order valence-corrected chi connectivity index (χ1v) is 18.4. The maximum atomic E-state index is 5.09. The second-order valence-electron chi connectivity index (χ2n) is 13.8. The molecule has 0 N–H and O–H groups in total. The van der Waals surface area contributed by atoms with Crippen molar-refractivity contribution in [2.45, 2.75) is 0 Å². The summed E-state index contributed by atoms with van der Waals surface area (Å²) in [7, 11) is 0. The highest BCUT2D eigenvalue weighted by Gasteiger charge is 2.14. The van der Waals surface area contributed by atoms with E-state index >= 15 is 0 Å². The van der Waals surface area contributed by atoms with E-state index in [2.05, 4.69) is 182 Å². The van der Waals surface area contributed by atoms with Crippen LogP contribution < -0.4 is 0 Å². The fourth-order valence-corrected chi connectivity index (χ4v) is 7.74. The largest absolute Gasteiger partial charge is 0.228 e. The van der Waals surface area contributed by atoms with Gasteiger partial charge >= 0.3 is 0 Å². The summed E-state index contributed by atoms with van der Waals surface area (Å²) in [6.45, 7) is 0. The SMILES string of the molecule is c1ccc(-c2cccc(-c3cc(-c4ccc(-c5ccc(-c6c7ccccc7cc7c6ccc6ccccc67)cc5)cc4)nc(-c4ccccc4)n3)c2)cc1. The summed E-state index contributed by atoms with van der Waals surface area (Å²) in [4.78, 5) is 10.2. The molecule has 0 bridgehead atoms. The third kappa shape index (κ3) is 5.81. The molecule has 0 saturated carbocycles. The summed E-state index contributed by atoms with van der Waals surface area (Å²) in [5.41, 5.74) is 12.0. The van der Waals surface area contributed by atoms with Crippen molar-refractivity contribution in [2.75, 3.05) is 0 Å². The molecule has 0 aliphatic heterocycles. The summed E-state index contributed by atoms with van der Waals surface area (Å²) < 4.78 is 0. The van der Waals surface area contributed by atoms with Crippen LogP contribution in [0.3, 0.4) is 0 Å². The Morgan fingerprint density at radius 1 is 0.241 bits per heavy atom. The Hall–Kier alpha value is -7.16. The zero-order valence-corrected chi connectivity index (χ0v) is 29.5. The van der Waals surface area contributed by atoms with Crippen LogP contribution in [0.1, 0.15) is 0 Å². The average Bonchev–Trinajstić information content (AvgIpc) is 3.26. The number of nitrogens with zero attached hydrogens (tertiary/aromatic N) is 2. The number of rotatable bonds is 6. The lowest BCUT2D eigenvalue weighted by molar-refractivity contribution is 1.18. The Morgan fingerprint density at radius 2 is 0.759 bits per heavy atom. The molecule has 1 heterocycles. The molecule has 54 heavy (non-hydrogen) atoms. The highest BCUT2D eigenvalue weighted by molar-refractivity contribution is 6.20. The third-order valence-electron chi connectivity index (χ3n) is 10.5. The van der Waals surface area contributed by atoms with Crippen molar-refractivity contribution in [3.8, 4) is 67.3 Å². The van der Waals surface area contributed by atoms with Crippen molar-refractivity contribution in [2.24, 2.45) is 0 Å². The fourth-order valence-electron chi connectivity index (χ4n) is 7.74. The highest BCUT2D eigenvalue weighted by atomic mass is 14.9. The predicted octanol–water partition coefficient (Wildman–Crippen LogP) is 13.9. The fraction of sp³-hybridized carbons (Fsp3) is 0. The molecule has 10 aromatic rings. The van der Waals surface area contributed by atoms with Crippen LogP contribution in [-0.4, -0.2) is 9.97 Å². The quantitative estimate of drug-likeness (QED) is 0.129. The summed E-state index contributed by atoms with van der Waals surface area (Å²) in [6.07, 6.45) is 0. The standard InChI is InChI=1S/C52H34N2/c1-3-12-35(13-4-1)42-18-11-19-44(32-42)50-34-49(53-52(54-50)41-15-5-2-6-16-41)39-26-22-36(23-27-39)37-24-28-40(29-25-37)51-46-21-10-8-17-43(46)33-48-45-20-9-7-14-38(45)30-31-47(48)51/h1-34H. The van der Waals surface area contributed by atoms with Crippen LogP contribution in [0.4, 0.5) is 0 Å². The van der Waals surface area contributed by atoms with Gasteiger partial charge in [-0.2, -0.15) is 0 Å². The zero-order chi connectivity index (χ0) is 35.8. The number of aromatic nitrogens is 2. The van der Waals surface area contributed by atoms with Crippen LogP contribution >= 0.6 is 0 Å². The van der Waals surface area contributed by atoms with Gasteiger partial charge < -0.3 is 0 Å². The Bertz CT molecular complexity index is 2950. The van der Waals surface area contributed by atoms with Crippen LogP contribution in [-0.2, 0) is 0 Å². The Labute approximate surface area is 314 Å². The van der Waals surface area contributed by atoms with Gasteiger partial charge in [-0.3, -0.25) is 0 Å². The second kappa shape index (κ2) is 13.4. The van der Waals surface area contributed by atoms with E-state index in [1.54, 1.807) is 0 Å². The van der Waals surface area contributed by atoms with Gasteiger partial charge in [0.05, 0.1) is 11.4 Å².